The van der Waals surface area contributed by atoms with Gasteiger partial charge in [-0.25, -0.2) is 0 Å². The Balaban J connectivity index is 2.33. The molecule has 0 saturated carbocycles. The molecule has 0 aliphatic rings. The van der Waals surface area contributed by atoms with E-state index in [9.17, 15) is 15.2 Å². The summed E-state index contributed by atoms with van der Waals surface area (Å²) in [7, 11) is 0. The highest BCUT2D eigenvalue weighted by Crippen LogP contribution is 2.27. The van der Waals surface area contributed by atoms with Crippen LogP contribution in [0.3, 0.4) is 0 Å². The van der Waals surface area contributed by atoms with E-state index in [1.54, 1.807) is 19.1 Å². The van der Waals surface area contributed by atoms with Gasteiger partial charge in [0.05, 0.1) is 4.92 Å². The molecule has 0 saturated heterocycles. The number of nitro groups is 1. The summed E-state index contributed by atoms with van der Waals surface area (Å²) >= 11 is 0. The highest BCUT2D eigenvalue weighted by atomic mass is 16.6. The molecular formula is C13H15N3O4. The summed E-state index contributed by atoms with van der Waals surface area (Å²) in [5, 5.41) is 24.4. The predicted octanol–water partition coefficient (Wildman–Crippen LogP) is 2.79. The molecule has 20 heavy (non-hydrogen) atoms. The fourth-order valence-electron chi connectivity index (χ4n) is 1.83. The fraction of sp³-hybridized carbons (Fsp3) is 0.385. The number of aliphatic hydroxyl groups is 1. The third-order valence-electron chi connectivity index (χ3n) is 2.95. The maximum Gasteiger partial charge on any atom is 0.273 e. The summed E-state index contributed by atoms with van der Waals surface area (Å²) in [4.78, 5) is 14.5. The molecule has 1 aromatic heterocycles. The molecule has 1 unspecified atom stereocenters. The van der Waals surface area contributed by atoms with Crippen LogP contribution in [0.25, 0.3) is 11.5 Å². The second-order valence-electron chi connectivity index (χ2n) is 4.52. The number of hydrogen-bond acceptors (Lipinski definition) is 6. The number of hydrogen-bond donors (Lipinski definition) is 1. The minimum atomic E-state index is -0.780. The number of nitrogens with zero attached hydrogens (tertiary/aromatic N) is 3. The molecular weight excluding hydrogens is 262 g/mol. The van der Waals surface area contributed by atoms with E-state index >= 15 is 0 Å². The molecule has 106 valence electrons. The molecule has 0 radical (unpaired) electrons. The minimum absolute atomic E-state index is 0.00337. The van der Waals surface area contributed by atoms with Crippen LogP contribution >= 0.6 is 0 Å². The van der Waals surface area contributed by atoms with Gasteiger partial charge < -0.3 is 9.63 Å². The Labute approximate surface area is 115 Å². The highest BCUT2D eigenvalue weighted by molar-refractivity contribution is 5.59. The summed E-state index contributed by atoms with van der Waals surface area (Å²) in [5.41, 5.74) is 1.02. The van der Waals surface area contributed by atoms with Crippen molar-refractivity contribution < 1.29 is 14.6 Å². The first-order valence-corrected chi connectivity index (χ1v) is 6.30. The molecule has 0 spiro atoms. The zero-order valence-electron chi connectivity index (χ0n) is 11.2. The average Bonchev–Trinajstić information content (AvgIpc) is 2.89. The largest absolute Gasteiger partial charge is 0.385 e. The molecule has 7 nitrogen and oxygen atoms in total. The van der Waals surface area contributed by atoms with Gasteiger partial charge in [-0.3, -0.25) is 10.1 Å². The summed E-state index contributed by atoms with van der Waals surface area (Å²) in [6, 6.07) is 4.68. The lowest BCUT2D eigenvalue weighted by Gasteiger charge is -2.01. The van der Waals surface area contributed by atoms with Gasteiger partial charge in [0.25, 0.3) is 11.6 Å². The van der Waals surface area contributed by atoms with Crippen molar-refractivity contribution in [2.45, 2.75) is 32.8 Å². The quantitative estimate of drug-likeness (QED) is 0.665. The van der Waals surface area contributed by atoms with Crippen LogP contribution in [0.2, 0.25) is 0 Å². The lowest BCUT2D eigenvalue weighted by Crippen LogP contribution is -1.98. The Morgan fingerprint density at radius 3 is 2.90 bits per heavy atom. The van der Waals surface area contributed by atoms with Crippen LogP contribution in [0, 0.1) is 17.0 Å². The fourth-order valence-corrected chi connectivity index (χ4v) is 1.83. The van der Waals surface area contributed by atoms with E-state index in [0.717, 1.165) is 6.42 Å². The summed E-state index contributed by atoms with van der Waals surface area (Å²) in [5.74, 6) is 0.364. The smallest absolute Gasteiger partial charge is 0.273 e. The van der Waals surface area contributed by atoms with Gasteiger partial charge in [0.2, 0.25) is 5.82 Å². The van der Waals surface area contributed by atoms with Gasteiger partial charge in [-0.05, 0) is 19.4 Å². The van der Waals surface area contributed by atoms with E-state index < -0.39 is 11.0 Å². The van der Waals surface area contributed by atoms with Crippen LogP contribution in [-0.2, 0) is 0 Å². The number of nitro benzene ring substituents is 1. The van der Waals surface area contributed by atoms with Crippen LogP contribution < -0.4 is 0 Å². The average molecular weight is 277 g/mol. The summed E-state index contributed by atoms with van der Waals surface area (Å²) in [6.45, 7) is 3.60. The van der Waals surface area contributed by atoms with Crippen LogP contribution in [0.5, 0.6) is 0 Å². The second kappa shape index (κ2) is 5.79. The van der Waals surface area contributed by atoms with Gasteiger partial charge in [-0.1, -0.05) is 24.6 Å². The molecule has 1 atom stereocenters. The van der Waals surface area contributed by atoms with Crippen molar-refractivity contribution in [3.8, 4) is 11.5 Å². The molecule has 7 heteroatoms. The summed E-state index contributed by atoms with van der Waals surface area (Å²) in [6.07, 6.45) is 0.548. The van der Waals surface area contributed by atoms with Gasteiger partial charge in [0, 0.05) is 17.2 Å². The van der Waals surface area contributed by atoms with Gasteiger partial charge in [0.1, 0.15) is 6.10 Å². The van der Waals surface area contributed by atoms with Crippen LogP contribution in [-0.4, -0.2) is 20.2 Å². The third-order valence-corrected chi connectivity index (χ3v) is 2.95. The Morgan fingerprint density at radius 1 is 1.50 bits per heavy atom. The number of benzene rings is 1. The number of aliphatic hydroxyl groups excluding tert-OH is 1. The zero-order chi connectivity index (χ0) is 14.7. The van der Waals surface area contributed by atoms with Crippen molar-refractivity contribution >= 4 is 5.69 Å². The first kappa shape index (κ1) is 14.1. The van der Waals surface area contributed by atoms with Gasteiger partial charge in [-0.2, -0.15) is 4.98 Å². The lowest BCUT2D eigenvalue weighted by molar-refractivity contribution is -0.385. The van der Waals surface area contributed by atoms with Crippen LogP contribution in [0.15, 0.2) is 22.7 Å². The van der Waals surface area contributed by atoms with E-state index in [2.05, 4.69) is 10.1 Å². The highest BCUT2D eigenvalue weighted by Gasteiger charge is 2.18. The number of aryl methyl sites for hydroxylation is 1. The first-order valence-electron chi connectivity index (χ1n) is 6.30. The first-order chi connectivity index (χ1) is 9.52. The third kappa shape index (κ3) is 2.83. The Kier molecular flexibility index (Phi) is 4.09. The monoisotopic (exact) mass is 277 g/mol. The molecule has 2 rings (SSSR count). The molecule has 1 N–H and O–H groups in total. The van der Waals surface area contributed by atoms with Crippen molar-refractivity contribution in [2.24, 2.45) is 0 Å². The van der Waals surface area contributed by atoms with Crippen molar-refractivity contribution in [3.63, 3.8) is 0 Å². The summed E-state index contributed by atoms with van der Waals surface area (Å²) < 4.78 is 5.05. The maximum absolute atomic E-state index is 10.9. The van der Waals surface area contributed by atoms with E-state index in [0.29, 0.717) is 17.5 Å². The molecule has 0 amide bonds. The SMILES string of the molecule is CCCC(O)c1noc(-c2ccc(C)c([N+](=O)[O-])c2)n1. The minimum Gasteiger partial charge on any atom is -0.385 e. The molecule has 0 bridgehead atoms. The zero-order valence-corrected chi connectivity index (χ0v) is 11.2. The van der Waals surface area contributed by atoms with Gasteiger partial charge in [-0.15, -0.1) is 0 Å². The van der Waals surface area contributed by atoms with E-state index in [1.807, 2.05) is 6.92 Å². The Morgan fingerprint density at radius 2 is 2.25 bits per heavy atom. The normalized spacial score (nSPS) is 12.3. The maximum atomic E-state index is 10.9. The van der Waals surface area contributed by atoms with Crippen LogP contribution in [0.1, 0.15) is 37.3 Å². The molecule has 0 aliphatic heterocycles. The molecule has 1 heterocycles. The van der Waals surface area contributed by atoms with Gasteiger partial charge in [0.15, 0.2) is 0 Å². The second-order valence-corrected chi connectivity index (χ2v) is 4.52. The van der Waals surface area contributed by atoms with Crippen molar-refractivity contribution in [3.05, 3.63) is 39.7 Å². The predicted molar refractivity (Wildman–Crippen MR) is 71.0 cm³/mol. The van der Waals surface area contributed by atoms with Gasteiger partial charge >= 0.3 is 0 Å². The van der Waals surface area contributed by atoms with Crippen molar-refractivity contribution in [1.29, 1.82) is 0 Å². The van der Waals surface area contributed by atoms with E-state index in [4.69, 9.17) is 4.52 Å². The molecule has 0 aliphatic carbocycles. The van der Waals surface area contributed by atoms with Crippen molar-refractivity contribution in [2.75, 3.05) is 0 Å². The standard InChI is InChI=1S/C13H15N3O4/c1-3-4-11(17)12-14-13(20-15-12)9-6-5-8(2)10(7-9)16(18)19/h5-7,11,17H,3-4H2,1-2H3. The van der Waals surface area contributed by atoms with Crippen molar-refractivity contribution in [1.82, 2.24) is 10.1 Å². The van der Waals surface area contributed by atoms with Crippen LogP contribution in [0.4, 0.5) is 5.69 Å². The number of aromatic nitrogens is 2. The molecule has 0 fully saturated rings. The van der Waals surface area contributed by atoms with E-state index in [1.165, 1.54) is 6.07 Å². The molecule has 1 aromatic carbocycles. The number of rotatable bonds is 5. The topological polar surface area (TPSA) is 102 Å². The Bertz CT molecular complexity index is 624. The van der Waals surface area contributed by atoms with E-state index in [-0.39, 0.29) is 17.4 Å². The Hall–Kier alpha value is -2.28. The lowest BCUT2D eigenvalue weighted by atomic mass is 10.1. The molecule has 2 aromatic rings.